The van der Waals surface area contributed by atoms with Gasteiger partial charge in [0.25, 0.3) is 0 Å². The Morgan fingerprint density at radius 1 is 0.643 bits per heavy atom. The third kappa shape index (κ3) is 7.19. The van der Waals surface area contributed by atoms with Gasteiger partial charge in [-0.05, 0) is 109 Å². The van der Waals surface area contributed by atoms with Gasteiger partial charge in [0, 0.05) is 47.8 Å². The third-order valence-electron chi connectivity index (χ3n) is 9.54. The van der Waals surface area contributed by atoms with Gasteiger partial charge in [-0.3, -0.25) is 4.79 Å². The van der Waals surface area contributed by atoms with E-state index in [1.165, 1.54) is 5.56 Å². The summed E-state index contributed by atoms with van der Waals surface area (Å²) in [5, 5.41) is 9.39. The Morgan fingerprint density at radius 3 is 1.64 bits per heavy atom. The zero-order valence-corrected chi connectivity index (χ0v) is 27.1. The van der Waals surface area contributed by atoms with Crippen LogP contribution in [0.4, 0.5) is 0 Å². The molecule has 0 amide bonds. The highest BCUT2D eigenvalue weighted by Gasteiger charge is 2.41. The van der Waals surface area contributed by atoms with Crippen molar-refractivity contribution in [3.05, 3.63) is 47.5 Å². The van der Waals surface area contributed by atoms with E-state index >= 15 is 0 Å². The number of rotatable bonds is 5. The molecule has 0 atom stereocenters. The first kappa shape index (κ1) is 31.0. The summed E-state index contributed by atoms with van der Waals surface area (Å²) in [6.45, 7) is 17.4. The average molecular weight is 577 g/mol. The zero-order chi connectivity index (χ0) is 30.5. The van der Waals surface area contributed by atoms with E-state index in [-0.39, 0.29) is 52.2 Å². The van der Waals surface area contributed by atoms with Gasteiger partial charge in [-0.25, -0.2) is 4.79 Å². The molecule has 5 rings (SSSR count). The Labute approximate surface area is 252 Å². The molecule has 2 aromatic rings. The van der Waals surface area contributed by atoms with E-state index in [2.05, 4.69) is 78.2 Å². The maximum Gasteiger partial charge on any atom is 0.339 e. The number of hydrogen-bond donors (Lipinski definition) is 2. The Hall–Kier alpha value is -2.44. The number of piperidine rings is 2. The van der Waals surface area contributed by atoms with Crippen LogP contribution in [-0.4, -0.2) is 46.3 Å². The van der Waals surface area contributed by atoms with Crippen molar-refractivity contribution in [1.29, 1.82) is 0 Å². The lowest BCUT2D eigenvalue weighted by Crippen LogP contribution is -2.59. The first-order valence-corrected chi connectivity index (χ1v) is 16.0. The lowest BCUT2D eigenvalue weighted by atomic mass is 9.77. The van der Waals surface area contributed by atoms with E-state index in [0.29, 0.717) is 11.5 Å². The molecule has 3 fully saturated rings. The largest absolute Gasteiger partial charge is 0.462 e. The average Bonchev–Trinajstić information content (AvgIpc) is 2.84. The normalized spacial score (nSPS) is 27.3. The lowest BCUT2D eigenvalue weighted by Gasteiger charge is -2.46. The summed E-state index contributed by atoms with van der Waals surface area (Å²) < 4.78 is 12.2. The third-order valence-corrected chi connectivity index (χ3v) is 9.54. The molecule has 0 bridgehead atoms. The SMILES string of the molecule is CC1(C)CC(OC(=O)c2ccc(C3CCC(C(=O)OC4CC(C)(C)NC(C)(C)C4)CC3)c3ccccc23)CC(C)(C)N1. The number of hydrogen-bond acceptors (Lipinski definition) is 6. The van der Waals surface area contributed by atoms with Gasteiger partial charge in [-0.15, -0.1) is 0 Å². The van der Waals surface area contributed by atoms with Crippen LogP contribution >= 0.6 is 0 Å². The maximum absolute atomic E-state index is 13.5. The van der Waals surface area contributed by atoms with Crippen LogP contribution in [0.3, 0.4) is 0 Å². The second-order valence-electron chi connectivity index (χ2n) is 16.0. The van der Waals surface area contributed by atoms with Crippen LogP contribution < -0.4 is 10.6 Å². The molecule has 0 unspecified atom stereocenters. The monoisotopic (exact) mass is 576 g/mol. The predicted molar refractivity (Wildman–Crippen MR) is 169 cm³/mol. The molecule has 0 spiro atoms. The molecule has 0 radical (unpaired) electrons. The lowest BCUT2D eigenvalue weighted by molar-refractivity contribution is -0.159. The van der Waals surface area contributed by atoms with Crippen LogP contribution in [0.5, 0.6) is 0 Å². The highest BCUT2D eigenvalue weighted by Crippen LogP contribution is 2.41. The van der Waals surface area contributed by atoms with Gasteiger partial charge in [0.1, 0.15) is 12.2 Å². The van der Waals surface area contributed by atoms with Crippen LogP contribution in [0.25, 0.3) is 10.8 Å². The maximum atomic E-state index is 13.5. The van der Waals surface area contributed by atoms with E-state index < -0.39 is 0 Å². The van der Waals surface area contributed by atoms with Gasteiger partial charge in [0.15, 0.2) is 0 Å². The Morgan fingerprint density at radius 2 is 1.12 bits per heavy atom. The summed E-state index contributed by atoms with van der Waals surface area (Å²) >= 11 is 0. The molecule has 1 aliphatic carbocycles. The fourth-order valence-electron chi connectivity index (χ4n) is 8.60. The minimum absolute atomic E-state index is 0.0285. The van der Waals surface area contributed by atoms with Crippen molar-refractivity contribution < 1.29 is 19.1 Å². The molecular formula is C36H52N2O4. The van der Waals surface area contributed by atoms with Crippen LogP contribution in [0.2, 0.25) is 0 Å². The van der Waals surface area contributed by atoms with Crippen molar-refractivity contribution in [2.24, 2.45) is 5.92 Å². The Balaban J connectivity index is 1.25. The molecule has 6 heteroatoms. The van der Waals surface area contributed by atoms with Gasteiger partial charge < -0.3 is 20.1 Å². The summed E-state index contributed by atoms with van der Waals surface area (Å²) in [7, 11) is 0. The van der Waals surface area contributed by atoms with Crippen molar-refractivity contribution in [3.63, 3.8) is 0 Å². The standard InChI is InChI=1S/C36H52N2O4/c1-33(2)19-25(20-34(3,4)37-33)41-31(39)24-15-13-23(14-16-24)27-17-18-30(29-12-10-9-11-28(27)29)32(40)42-26-21-35(5,6)38-36(7,8)22-26/h9-12,17-18,23-26,37-38H,13-16,19-22H2,1-8H3. The van der Waals surface area contributed by atoms with E-state index in [4.69, 9.17) is 9.47 Å². The first-order chi connectivity index (χ1) is 19.5. The molecule has 2 aliphatic heterocycles. The van der Waals surface area contributed by atoms with E-state index in [1.54, 1.807) is 0 Å². The van der Waals surface area contributed by atoms with E-state index in [1.807, 2.05) is 24.3 Å². The van der Waals surface area contributed by atoms with Crippen molar-refractivity contribution >= 4 is 22.7 Å². The molecule has 2 heterocycles. The highest BCUT2D eigenvalue weighted by molar-refractivity contribution is 6.05. The smallest absolute Gasteiger partial charge is 0.339 e. The van der Waals surface area contributed by atoms with Gasteiger partial charge in [-0.2, -0.15) is 0 Å². The van der Waals surface area contributed by atoms with E-state index in [9.17, 15) is 9.59 Å². The zero-order valence-electron chi connectivity index (χ0n) is 27.1. The molecule has 230 valence electrons. The summed E-state index contributed by atoms with van der Waals surface area (Å²) in [5.41, 5.74) is 1.61. The van der Waals surface area contributed by atoms with Crippen LogP contribution in [0, 0.1) is 5.92 Å². The van der Waals surface area contributed by atoms with Crippen LogP contribution in [0.1, 0.15) is 129 Å². The molecular weight excluding hydrogens is 524 g/mol. The number of carbonyl (C=O) groups is 2. The van der Waals surface area contributed by atoms with Crippen molar-refractivity contribution in [1.82, 2.24) is 10.6 Å². The predicted octanol–water partition coefficient (Wildman–Crippen LogP) is 7.43. The number of fused-ring (bicyclic) bond motifs is 1. The second-order valence-corrected chi connectivity index (χ2v) is 16.0. The quantitative estimate of drug-likeness (QED) is 0.361. The number of ether oxygens (including phenoxy) is 2. The molecule has 1 saturated carbocycles. The van der Waals surface area contributed by atoms with Crippen LogP contribution in [0.15, 0.2) is 36.4 Å². The minimum atomic E-state index is -0.244. The number of carbonyl (C=O) groups excluding carboxylic acids is 2. The fraction of sp³-hybridized carbons (Fsp3) is 0.667. The van der Waals surface area contributed by atoms with Gasteiger partial charge in [0.2, 0.25) is 0 Å². The van der Waals surface area contributed by atoms with Crippen molar-refractivity contribution in [3.8, 4) is 0 Å². The van der Waals surface area contributed by atoms with Gasteiger partial charge in [0.05, 0.1) is 11.5 Å². The molecule has 2 saturated heterocycles. The second kappa shape index (κ2) is 11.2. The van der Waals surface area contributed by atoms with Gasteiger partial charge >= 0.3 is 11.9 Å². The first-order valence-electron chi connectivity index (χ1n) is 16.0. The molecule has 42 heavy (non-hydrogen) atoms. The molecule has 6 nitrogen and oxygen atoms in total. The highest BCUT2D eigenvalue weighted by atomic mass is 16.5. The topological polar surface area (TPSA) is 76.7 Å². The van der Waals surface area contributed by atoms with Crippen LogP contribution in [-0.2, 0) is 14.3 Å². The van der Waals surface area contributed by atoms with Gasteiger partial charge in [-0.1, -0.05) is 30.3 Å². The van der Waals surface area contributed by atoms with Crippen molar-refractivity contribution in [2.45, 2.75) is 147 Å². The summed E-state index contributed by atoms with van der Waals surface area (Å²) in [6.07, 6.45) is 6.64. The summed E-state index contributed by atoms with van der Waals surface area (Å²) in [4.78, 5) is 26.7. The molecule has 0 aromatic heterocycles. The van der Waals surface area contributed by atoms with Crippen molar-refractivity contribution in [2.75, 3.05) is 0 Å². The summed E-state index contributed by atoms with van der Waals surface area (Å²) in [6, 6.07) is 12.3. The number of nitrogens with one attached hydrogen (secondary N) is 2. The Kier molecular flexibility index (Phi) is 8.30. The van der Waals surface area contributed by atoms with E-state index in [0.717, 1.165) is 62.1 Å². The number of esters is 2. The minimum Gasteiger partial charge on any atom is -0.462 e. The fourth-order valence-corrected chi connectivity index (χ4v) is 8.60. The molecule has 2 N–H and O–H groups in total. The summed E-state index contributed by atoms with van der Waals surface area (Å²) in [5.74, 6) is 0.0410. The molecule has 2 aromatic carbocycles. The molecule has 3 aliphatic rings. The Bertz CT molecular complexity index is 1290. The number of benzene rings is 2.